The number of aromatic nitrogens is 2. The second-order valence-electron chi connectivity index (χ2n) is 7.81. The lowest BCUT2D eigenvalue weighted by molar-refractivity contribution is -0.120. The first-order valence-corrected chi connectivity index (χ1v) is 11.8. The smallest absolute Gasteiger partial charge is 0.248 e. The Bertz CT molecular complexity index is 1290. The Morgan fingerprint density at radius 2 is 1.88 bits per heavy atom. The van der Waals surface area contributed by atoms with Crippen LogP contribution in [-0.4, -0.2) is 42.0 Å². The maximum absolute atomic E-state index is 13.9. The Balaban J connectivity index is 1.47. The summed E-state index contributed by atoms with van der Waals surface area (Å²) in [6.45, 7) is 3.59. The van der Waals surface area contributed by atoms with Crippen molar-refractivity contribution in [2.24, 2.45) is 5.92 Å². The molecule has 0 radical (unpaired) electrons. The maximum Gasteiger partial charge on any atom is 0.248 e. The topological polar surface area (TPSA) is 119 Å². The van der Waals surface area contributed by atoms with Gasteiger partial charge in [0, 0.05) is 30.6 Å². The number of amides is 1. The van der Waals surface area contributed by atoms with Crippen LogP contribution in [-0.2, 0) is 14.8 Å². The summed E-state index contributed by atoms with van der Waals surface area (Å²) < 4.78 is 52.0. The van der Waals surface area contributed by atoms with Crippen molar-refractivity contribution in [2.45, 2.75) is 31.6 Å². The normalized spacial score (nSPS) is 15.8. The lowest BCUT2D eigenvalue weighted by Crippen LogP contribution is -2.41. The van der Waals surface area contributed by atoms with E-state index in [1.165, 1.54) is 29.4 Å². The van der Waals surface area contributed by atoms with E-state index in [0.29, 0.717) is 30.0 Å². The zero-order valence-electron chi connectivity index (χ0n) is 18.1. The lowest BCUT2D eigenvalue weighted by Gasteiger charge is -2.30. The van der Waals surface area contributed by atoms with Crippen molar-refractivity contribution in [3.05, 3.63) is 58.9 Å². The highest BCUT2D eigenvalue weighted by atomic mass is 32.2. The molecule has 0 saturated carbocycles. The quantitative estimate of drug-likeness (QED) is 0.579. The van der Waals surface area contributed by atoms with E-state index < -0.39 is 15.8 Å². The summed E-state index contributed by atoms with van der Waals surface area (Å²) in [5, 5.41) is 10.2. The summed E-state index contributed by atoms with van der Waals surface area (Å²) in [4.78, 5) is 12.4. The van der Waals surface area contributed by atoms with Crippen LogP contribution in [0.1, 0.15) is 35.6 Å². The van der Waals surface area contributed by atoms with E-state index in [4.69, 9.17) is 9.05 Å². The van der Waals surface area contributed by atoms with E-state index in [0.717, 1.165) is 0 Å². The number of rotatable bonds is 6. The minimum absolute atomic E-state index is 0.0250. The van der Waals surface area contributed by atoms with Crippen molar-refractivity contribution in [3.8, 4) is 0 Å². The van der Waals surface area contributed by atoms with Gasteiger partial charge in [0.25, 0.3) is 0 Å². The van der Waals surface area contributed by atoms with Gasteiger partial charge in [-0.3, -0.25) is 4.79 Å². The summed E-state index contributed by atoms with van der Waals surface area (Å²) in [6, 6.07) is 7.74. The van der Waals surface area contributed by atoms with Crippen LogP contribution in [0.25, 0.3) is 12.2 Å². The number of benzene rings is 1. The molecule has 1 aromatic carbocycles. The standard InChI is InChI=1S/C22H23FN4O5S/c1-14-13-20(26-31-14)24-22(28)17-9-11-27(12-10-17)33(29,30)21-15(2)25-32-19(21)8-7-16-5-3-4-6-18(16)23/h3-8,13,17H,9-12H2,1-2H3,(H,24,26,28). The maximum atomic E-state index is 13.9. The molecule has 0 bridgehead atoms. The highest BCUT2D eigenvalue weighted by Gasteiger charge is 2.36. The summed E-state index contributed by atoms with van der Waals surface area (Å²) in [7, 11) is -3.93. The summed E-state index contributed by atoms with van der Waals surface area (Å²) in [5.41, 5.74) is 0.508. The molecule has 4 rings (SSSR count). The number of anilines is 1. The molecule has 0 unspecified atom stereocenters. The molecule has 3 aromatic rings. The number of piperidine rings is 1. The number of hydrogen-bond donors (Lipinski definition) is 1. The van der Waals surface area contributed by atoms with E-state index >= 15 is 0 Å². The Morgan fingerprint density at radius 3 is 2.55 bits per heavy atom. The predicted molar refractivity (Wildman–Crippen MR) is 118 cm³/mol. The lowest BCUT2D eigenvalue weighted by atomic mass is 9.97. The largest absolute Gasteiger partial charge is 0.360 e. The van der Waals surface area contributed by atoms with Gasteiger partial charge in [-0.15, -0.1) is 0 Å². The van der Waals surface area contributed by atoms with Gasteiger partial charge in [0.15, 0.2) is 16.5 Å². The fraction of sp³-hybridized carbons (Fsp3) is 0.318. The Morgan fingerprint density at radius 1 is 1.15 bits per heavy atom. The van der Waals surface area contributed by atoms with Crippen molar-refractivity contribution in [1.29, 1.82) is 0 Å². The molecule has 2 aromatic heterocycles. The number of halogens is 1. The number of aryl methyl sites for hydroxylation is 2. The molecular weight excluding hydrogens is 451 g/mol. The highest BCUT2D eigenvalue weighted by molar-refractivity contribution is 7.89. The van der Waals surface area contributed by atoms with E-state index in [1.807, 2.05) is 0 Å². The molecule has 3 heterocycles. The van der Waals surface area contributed by atoms with Crippen LogP contribution >= 0.6 is 0 Å². The molecule has 1 aliphatic rings. The molecule has 0 aliphatic carbocycles. The van der Waals surface area contributed by atoms with Crippen molar-refractivity contribution in [1.82, 2.24) is 14.6 Å². The van der Waals surface area contributed by atoms with Crippen molar-refractivity contribution in [2.75, 3.05) is 18.4 Å². The van der Waals surface area contributed by atoms with E-state index in [9.17, 15) is 17.6 Å². The zero-order valence-corrected chi connectivity index (χ0v) is 18.9. The minimum Gasteiger partial charge on any atom is -0.360 e. The van der Waals surface area contributed by atoms with Crippen LogP contribution in [0.5, 0.6) is 0 Å². The Kier molecular flexibility index (Phi) is 6.43. The van der Waals surface area contributed by atoms with Crippen molar-refractivity contribution >= 4 is 33.9 Å². The third kappa shape index (κ3) is 4.88. The number of nitrogens with zero attached hydrogens (tertiary/aromatic N) is 3. The fourth-order valence-electron chi connectivity index (χ4n) is 3.72. The summed E-state index contributed by atoms with van der Waals surface area (Å²) in [5.74, 6) is -0.0749. The van der Waals surface area contributed by atoms with Crippen LogP contribution in [0.2, 0.25) is 0 Å². The number of carbonyl (C=O) groups is 1. The molecule has 1 amide bonds. The summed E-state index contributed by atoms with van der Waals surface area (Å²) >= 11 is 0. The third-order valence-electron chi connectivity index (χ3n) is 5.45. The second-order valence-corrected chi connectivity index (χ2v) is 9.68. The van der Waals surface area contributed by atoms with Gasteiger partial charge < -0.3 is 14.4 Å². The molecule has 9 nitrogen and oxygen atoms in total. The van der Waals surface area contributed by atoms with Gasteiger partial charge in [-0.25, -0.2) is 12.8 Å². The summed E-state index contributed by atoms with van der Waals surface area (Å²) in [6.07, 6.45) is 3.54. The monoisotopic (exact) mass is 474 g/mol. The van der Waals surface area contributed by atoms with Gasteiger partial charge in [-0.05, 0) is 44.9 Å². The number of sulfonamides is 1. The van der Waals surface area contributed by atoms with E-state index in [2.05, 4.69) is 15.6 Å². The first-order valence-electron chi connectivity index (χ1n) is 10.4. The van der Waals surface area contributed by atoms with Gasteiger partial charge >= 0.3 is 0 Å². The SMILES string of the molecule is Cc1cc(NC(=O)C2CCN(S(=O)(=O)c3c(C)noc3C=Cc3ccccc3F)CC2)no1. The zero-order chi connectivity index (χ0) is 23.6. The van der Waals surface area contributed by atoms with Crippen LogP contribution in [0.4, 0.5) is 10.2 Å². The highest BCUT2D eigenvalue weighted by Crippen LogP contribution is 2.29. The average Bonchev–Trinajstić information content (AvgIpc) is 3.38. The number of hydrogen-bond acceptors (Lipinski definition) is 7. The molecule has 1 fully saturated rings. The second kappa shape index (κ2) is 9.28. The number of carbonyl (C=O) groups excluding carboxylic acids is 1. The van der Waals surface area contributed by atoms with Gasteiger partial charge in [-0.2, -0.15) is 4.31 Å². The van der Waals surface area contributed by atoms with E-state index in [-0.39, 0.29) is 41.3 Å². The molecule has 0 spiro atoms. The van der Waals surface area contributed by atoms with Gasteiger partial charge in [0.05, 0.1) is 0 Å². The van der Waals surface area contributed by atoms with Gasteiger partial charge in [0.1, 0.15) is 17.3 Å². The average molecular weight is 475 g/mol. The van der Waals surface area contributed by atoms with Gasteiger partial charge in [0.2, 0.25) is 15.9 Å². The molecular formula is C22H23FN4O5S. The fourth-order valence-corrected chi connectivity index (χ4v) is 5.44. The molecule has 174 valence electrons. The Hall–Kier alpha value is -3.31. The molecule has 11 heteroatoms. The molecule has 0 atom stereocenters. The first-order chi connectivity index (χ1) is 15.8. The molecule has 33 heavy (non-hydrogen) atoms. The van der Waals surface area contributed by atoms with Crippen LogP contribution in [0.3, 0.4) is 0 Å². The van der Waals surface area contributed by atoms with Crippen LogP contribution in [0.15, 0.2) is 44.3 Å². The van der Waals surface area contributed by atoms with Crippen molar-refractivity contribution in [3.63, 3.8) is 0 Å². The van der Waals surface area contributed by atoms with Crippen molar-refractivity contribution < 1.29 is 26.6 Å². The molecule has 1 N–H and O–H groups in total. The third-order valence-corrected chi connectivity index (χ3v) is 7.51. The minimum atomic E-state index is -3.93. The first kappa shape index (κ1) is 22.9. The molecule has 1 saturated heterocycles. The number of nitrogens with one attached hydrogen (secondary N) is 1. The Labute approximate surface area is 190 Å². The van der Waals surface area contributed by atoms with Crippen LogP contribution < -0.4 is 5.32 Å². The predicted octanol–water partition coefficient (Wildman–Crippen LogP) is 3.63. The van der Waals surface area contributed by atoms with Gasteiger partial charge in [-0.1, -0.05) is 28.5 Å². The van der Waals surface area contributed by atoms with Crippen LogP contribution in [0, 0.1) is 25.6 Å². The molecule has 1 aliphatic heterocycles. The van der Waals surface area contributed by atoms with E-state index in [1.54, 1.807) is 31.2 Å².